The van der Waals surface area contributed by atoms with Gasteiger partial charge in [-0.1, -0.05) is 48.5 Å². The predicted octanol–water partition coefficient (Wildman–Crippen LogP) is 2.72. The predicted molar refractivity (Wildman–Crippen MR) is 137 cm³/mol. The SMILES string of the molecule is Cl.O=C(c1nn(Cc2ccccc2)c(=O)c2ccccc12)N1CCN(CCN2CCCC2)CC1. The molecule has 7 nitrogen and oxygen atoms in total. The molecule has 2 saturated heterocycles. The molecule has 1 amide bonds. The standard InChI is InChI=1S/C26H31N5O2.ClH/c32-25-23-11-5-4-10-22(23)24(27-31(25)20-21-8-2-1-3-9-21)26(33)30-18-16-29(17-19-30)15-14-28-12-6-7-13-28;/h1-5,8-11H,6-7,12-20H2;1H. The molecule has 0 radical (unpaired) electrons. The first-order chi connectivity index (χ1) is 16.2. The lowest BCUT2D eigenvalue weighted by Gasteiger charge is -2.35. The van der Waals surface area contributed by atoms with E-state index in [0.717, 1.165) is 31.7 Å². The second kappa shape index (κ2) is 11.1. The van der Waals surface area contributed by atoms with Gasteiger partial charge in [-0.15, -0.1) is 12.4 Å². The van der Waals surface area contributed by atoms with E-state index in [0.29, 0.717) is 36.1 Å². The number of benzene rings is 2. The zero-order valence-electron chi connectivity index (χ0n) is 19.4. The Morgan fingerprint density at radius 1 is 0.765 bits per heavy atom. The third kappa shape index (κ3) is 5.32. The van der Waals surface area contributed by atoms with Crippen molar-refractivity contribution in [2.75, 3.05) is 52.4 Å². The smallest absolute Gasteiger partial charge is 0.275 e. The number of hydrogen-bond donors (Lipinski definition) is 0. The highest BCUT2D eigenvalue weighted by molar-refractivity contribution is 6.04. The normalized spacial score (nSPS) is 17.1. The van der Waals surface area contributed by atoms with Gasteiger partial charge in [-0.25, -0.2) is 4.68 Å². The lowest BCUT2D eigenvalue weighted by Crippen LogP contribution is -2.50. The quantitative estimate of drug-likeness (QED) is 0.541. The van der Waals surface area contributed by atoms with E-state index in [-0.39, 0.29) is 23.9 Å². The van der Waals surface area contributed by atoms with E-state index < -0.39 is 0 Å². The van der Waals surface area contributed by atoms with Gasteiger partial charge < -0.3 is 9.80 Å². The van der Waals surface area contributed by atoms with E-state index in [9.17, 15) is 9.59 Å². The van der Waals surface area contributed by atoms with Gasteiger partial charge in [0.05, 0.1) is 11.9 Å². The lowest BCUT2D eigenvalue weighted by molar-refractivity contribution is 0.0620. The van der Waals surface area contributed by atoms with Crippen LogP contribution in [-0.4, -0.2) is 82.7 Å². The number of nitrogens with zero attached hydrogens (tertiary/aromatic N) is 5. The monoisotopic (exact) mass is 481 g/mol. The molecule has 3 heterocycles. The fraction of sp³-hybridized carbons (Fsp3) is 0.423. The van der Waals surface area contributed by atoms with E-state index in [2.05, 4.69) is 14.9 Å². The van der Waals surface area contributed by atoms with Crippen molar-refractivity contribution in [2.45, 2.75) is 19.4 Å². The van der Waals surface area contributed by atoms with Gasteiger partial charge in [0.25, 0.3) is 11.5 Å². The Labute approximate surface area is 206 Å². The van der Waals surface area contributed by atoms with Crippen LogP contribution in [0.5, 0.6) is 0 Å². The molecule has 0 atom stereocenters. The van der Waals surface area contributed by atoms with E-state index >= 15 is 0 Å². The number of aromatic nitrogens is 2. The minimum absolute atomic E-state index is 0. The third-order valence-corrected chi connectivity index (χ3v) is 6.84. The van der Waals surface area contributed by atoms with Gasteiger partial charge in [-0.05, 0) is 37.6 Å². The number of piperazine rings is 1. The van der Waals surface area contributed by atoms with Crippen molar-refractivity contribution in [3.8, 4) is 0 Å². The largest absolute Gasteiger partial charge is 0.335 e. The summed E-state index contributed by atoms with van der Waals surface area (Å²) in [5.41, 5.74) is 1.18. The Kier molecular flexibility index (Phi) is 7.98. The van der Waals surface area contributed by atoms with Gasteiger partial charge in [0.15, 0.2) is 5.69 Å². The van der Waals surface area contributed by atoms with Crippen molar-refractivity contribution in [3.05, 3.63) is 76.2 Å². The van der Waals surface area contributed by atoms with Crippen molar-refractivity contribution < 1.29 is 4.79 Å². The summed E-state index contributed by atoms with van der Waals surface area (Å²) in [6.45, 7) is 8.08. The first kappa shape index (κ1) is 24.4. The molecule has 0 N–H and O–H groups in total. The molecule has 2 fully saturated rings. The summed E-state index contributed by atoms with van der Waals surface area (Å²) < 4.78 is 1.43. The molecule has 8 heteroatoms. The van der Waals surface area contributed by atoms with Crippen molar-refractivity contribution in [1.29, 1.82) is 0 Å². The number of halogens is 1. The number of rotatable bonds is 6. The highest BCUT2D eigenvalue weighted by atomic mass is 35.5. The Balaban J connectivity index is 0.00000274. The molecule has 0 bridgehead atoms. The molecule has 2 aromatic carbocycles. The number of hydrogen-bond acceptors (Lipinski definition) is 5. The summed E-state index contributed by atoms with van der Waals surface area (Å²) in [5, 5.41) is 5.74. The van der Waals surface area contributed by atoms with Gasteiger partial charge in [0.2, 0.25) is 0 Å². The second-order valence-corrected chi connectivity index (χ2v) is 9.03. The number of amides is 1. The van der Waals surface area contributed by atoms with Crippen molar-refractivity contribution >= 4 is 29.1 Å². The maximum absolute atomic E-state index is 13.5. The highest BCUT2D eigenvalue weighted by Crippen LogP contribution is 2.17. The van der Waals surface area contributed by atoms with E-state index in [1.54, 1.807) is 6.07 Å². The minimum Gasteiger partial charge on any atom is -0.335 e. The summed E-state index contributed by atoms with van der Waals surface area (Å²) in [7, 11) is 0. The molecular formula is C26H32ClN5O2. The molecular weight excluding hydrogens is 450 g/mol. The van der Waals surface area contributed by atoms with Crippen LogP contribution >= 0.6 is 12.4 Å². The molecule has 0 spiro atoms. The van der Waals surface area contributed by atoms with Gasteiger partial charge in [-0.2, -0.15) is 5.10 Å². The zero-order valence-corrected chi connectivity index (χ0v) is 20.3. The fourth-order valence-corrected chi connectivity index (χ4v) is 4.87. The van der Waals surface area contributed by atoms with Crippen molar-refractivity contribution in [3.63, 3.8) is 0 Å². The van der Waals surface area contributed by atoms with Crippen LogP contribution in [0.25, 0.3) is 10.8 Å². The van der Waals surface area contributed by atoms with Crippen LogP contribution in [-0.2, 0) is 6.54 Å². The number of fused-ring (bicyclic) bond motifs is 1. The first-order valence-corrected chi connectivity index (χ1v) is 12.0. The molecule has 0 saturated carbocycles. The van der Waals surface area contributed by atoms with Crippen LogP contribution < -0.4 is 5.56 Å². The van der Waals surface area contributed by atoms with Crippen LogP contribution in [0.1, 0.15) is 28.9 Å². The molecule has 180 valence electrons. The molecule has 1 aromatic heterocycles. The van der Waals surface area contributed by atoms with Crippen LogP contribution in [0.4, 0.5) is 0 Å². The third-order valence-electron chi connectivity index (χ3n) is 6.84. The summed E-state index contributed by atoms with van der Waals surface area (Å²) in [6, 6.07) is 17.1. The van der Waals surface area contributed by atoms with Gasteiger partial charge in [-0.3, -0.25) is 14.5 Å². The van der Waals surface area contributed by atoms with E-state index in [1.165, 1.54) is 30.6 Å². The summed E-state index contributed by atoms with van der Waals surface area (Å²) in [6.07, 6.45) is 2.63. The summed E-state index contributed by atoms with van der Waals surface area (Å²) >= 11 is 0. The molecule has 34 heavy (non-hydrogen) atoms. The van der Waals surface area contributed by atoms with E-state index in [1.807, 2.05) is 53.4 Å². The number of likely N-dealkylation sites (tertiary alicyclic amines) is 1. The first-order valence-electron chi connectivity index (χ1n) is 12.0. The Hall–Kier alpha value is -2.74. The summed E-state index contributed by atoms with van der Waals surface area (Å²) in [4.78, 5) is 33.5. The van der Waals surface area contributed by atoms with Crippen LogP contribution in [0.15, 0.2) is 59.4 Å². The highest BCUT2D eigenvalue weighted by Gasteiger charge is 2.26. The molecule has 2 aliphatic rings. The maximum atomic E-state index is 13.5. The van der Waals surface area contributed by atoms with Gasteiger partial charge >= 0.3 is 0 Å². The number of carbonyl (C=O) groups is 1. The topological polar surface area (TPSA) is 61.7 Å². The zero-order chi connectivity index (χ0) is 22.6. The van der Waals surface area contributed by atoms with Gasteiger partial charge in [0, 0.05) is 44.7 Å². The Bertz CT molecular complexity index is 1170. The molecule has 3 aromatic rings. The molecule has 2 aliphatic heterocycles. The van der Waals surface area contributed by atoms with Crippen LogP contribution in [0.2, 0.25) is 0 Å². The van der Waals surface area contributed by atoms with E-state index in [4.69, 9.17) is 0 Å². The minimum atomic E-state index is -0.169. The fourth-order valence-electron chi connectivity index (χ4n) is 4.87. The van der Waals surface area contributed by atoms with Crippen LogP contribution in [0.3, 0.4) is 0 Å². The average Bonchev–Trinajstić information content (AvgIpc) is 3.39. The van der Waals surface area contributed by atoms with Crippen LogP contribution in [0, 0.1) is 0 Å². The van der Waals surface area contributed by atoms with Gasteiger partial charge in [0.1, 0.15) is 0 Å². The average molecular weight is 482 g/mol. The number of carbonyl (C=O) groups excluding carboxylic acids is 1. The Morgan fingerprint density at radius 3 is 2.03 bits per heavy atom. The summed E-state index contributed by atoms with van der Waals surface area (Å²) in [5.74, 6) is -0.0906. The molecule has 0 unspecified atom stereocenters. The van der Waals surface area contributed by atoms with Crippen molar-refractivity contribution in [1.82, 2.24) is 24.5 Å². The lowest BCUT2D eigenvalue weighted by atomic mass is 10.1. The van der Waals surface area contributed by atoms with Crippen molar-refractivity contribution in [2.24, 2.45) is 0 Å². The maximum Gasteiger partial charge on any atom is 0.275 e. The molecule has 0 aliphatic carbocycles. The molecule has 5 rings (SSSR count). The second-order valence-electron chi connectivity index (χ2n) is 9.03. The Morgan fingerprint density at radius 2 is 1.35 bits per heavy atom.